The van der Waals surface area contributed by atoms with E-state index in [1.54, 1.807) is 0 Å². The molecule has 4 nitrogen and oxygen atoms in total. The summed E-state index contributed by atoms with van der Waals surface area (Å²) >= 11 is 0. The minimum absolute atomic E-state index is 0.0312. The number of azo groups is 1. The van der Waals surface area contributed by atoms with E-state index in [1.165, 1.54) is 12.1 Å². The van der Waals surface area contributed by atoms with Gasteiger partial charge in [0, 0.05) is 0 Å². The van der Waals surface area contributed by atoms with E-state index < -0.39 is 0 Å². The molecule has 0 aliphatic heterocycles. The minimum atomic E-state index is -0.0312. The highest BCUT2D eigenvalue weighted by atomic mass is 16.3. The summed E-state index contributed by atoms with van der Waals surface area (Å²) in [4.78, 5) is 0. The van der Waals surface area contributed by atoms with Gasteiger partial charge in [-0.25, -0.2) is 0 Å². The molecule has 0 bridgehead atoms. The number of benzene rings is 3. The lowest BCUT2D eigenvalue weighted by Gasteiger charge is -2.09. The van der Waals surface area contributed by atoms with Crippen molar-refractivity contribution < 1.29 is 10.2 Å². The van der Waals surface area contributed by atoms with Crippen LogP contribution in [-0.2, 0) is 0 Å². The molecule has 0 aliphatic carbocycles. The van der Waals surface area contributed by atoms with E-state index in [-0.39, 0.29) is 17.2 Å². The molecule has 0 unspecified atom stereocenters. The first-order chi connectivity index (χ1) is 10.8. The Bertz CT molecular complexity index is 800. The molecule has 0 saturated heterocycles. The van der Waals surface area contributed by atoms with E-state index in [0.29, 0.717) is 11.3 Å². The Labute approximate surface area is 128 Å². The molecule has 0 aliphatic rings. The Morgan fingerprint density at radius 3 is 1.86 bits per heavy atom. The van der Waals surface area contributed by atoms with E-state index >= 15 is 0 Å². The third-order valence-corrected chi connectivity index (χ3v) is 3.22. The van der Waals surface area contributed by atoms with Crippen LogP contribution in [0.15, 0.2) is 83.0 Å². The first-order valence-corrected chi connectivity index (χ1v) is 6.83. The predicted octanol–water partition coefficient (Wildman–Crippen LogP) is 5.18. The molecule has 3 aromatic carbocycles. The number of rotatable bonds is 3. The third kappa shape index (κ3) is 2.81. The van der Waals surface area contributed by atoms with Crippen LogP contribution in [0.5, 0.6) is 11.5 Å². The molecule has 0 atom stereocenters. The monoisotopic (exact) mass is 290 g/mol. The van der Waals surface area contributed by atoms with Crippen molar-refractivity contribution in [2.24, 2.45) is 10.2 Å². The molecule has 0 radical (unpaired) electrons. The van der Waals surface area contributed by atoms with Gasteiger partial charge in [-0.1, -0.05) is 48.5 Å². The fourth-order valence-electron chi connectivity index (χ4n) is 2.16. The van der Waals surface area contributed by atoms with Crippen LogP contribution in [0.1, 0.15) is 0 Å². The van der Waals surface area contributed by atoms with Crippen molar-refractivity contribution in [3.63, 3.8) is 0 Å². The minimum Gasteiger partial charge on any atom is -0.507 e. The molecule has 3 rings (SSSR count). The average molecular weight is 290 g/mol. The number of hydrogen-bond acceptors (Lipinski definition) is 4. The number of phenols is 2. The molecule has 108 valence electrons. The van der Waals surface area contributed by atoms with Crippen LogP contribution in [-0.4, -0.2) is 10.2 Å². The van der Waals surface area contributed by atoms with E-state index in [0.717, 1.165) is 5.56 Å². The lowest BCUT2D eigenvalue weighted by molar-refractivity contribution is 0.463. The molecule has 0 saturated carbocycles. The summed E-state index contributed by atoms with van der Waals surface area (Å²) in [5, 5.41) is 28.5. The summed E-state index contributed by atoms with van der Waals surface area (Å²) in [7, 11) is 0. The Kier molecular flexibility index (Phi) is 3.83. The summed E-state index contributed by atoms with van der Waals surface area (Å²) in [6.45, 7) is 0. The fourth-order valence-corrected chi connectivity index (χ4v) is 2.16. The van der Waals surface area contributed by atoms with Crippen molar-refractivity contribution in [2.45, 2.75) is 0 Å². The molecular weight excluding hydrogens is 276 g/mol. The van der Waals surface area contributed by atoms with Crippen LogP contribution < -0.4 is 0 Å². The van der Waals surface area contributed by atoms with Gasteiger partial charge in [-0.05, 0) is 29.8 Å². The van der Waals surface area contributed by atoms with Gasteiger partial charge in [-0.15, -0.1) is 5.11 Å². The Balaban J connectivity index is 2.11. The smallest absolute Gasteiger partial charge is 0.144 e. The molecule has 22 heavy (non-hydrogen) atoms. The van der Waals surface area contributed by atoms with E-state index in [4.69, 9.17) is 0 Å². The topological polar surface area (TPSA) is 65.2 Å². The second kappa shape index (κ2) is 6.10. The van der Waals surface area contributed by atoms with Gasteiger partial charge in [0.15, 0.2) is 0 Å². The summed E-state index contributed by atoms with van der Waals surface area (Å²) in [6, 6.07) is 21.4. The number of aromatic hydroxyl groups is 2. The van der Waals surface area contributed by atoms with E-state index in [2.05, 4.69) is 10.2 Å². The van der Waals surface area contributed by atoms with Crippen molar-refractivity contribution in [1.82, 2.24) is 0 Å². The zero-order chi connectivity index (χ0) is 15.4. The van der Waals surface area contributed by atoms with Gasteiger partial charge in [-0.3, -0.25) is 0 Å². The molecule has 0 fully saturated rings. The number of hydrogen-bond donors (Lipinski definition) is 2. The van der Waals surface area contributed by atoms with Crippen molar-refractivity contribution in [1.29, 1.82) is 0 Å². The summed E-state index contributed by atoms with van der Waals surface area (Å²) in [5.41, 5.74) is 2.14. The number of nitrogens with zero attached hydrogens (tertiary/aromatic N) is 2. The molecule has 3 aromatic rings. The van der Waals surface area contributed by atoms with Crippen molar-refractivity contribution >= 4 is 11.4 Å². The lowest BCUT2D eigenvalue weighted by Crippen LogP contribution is -1.81. The molecule has 0 spiro atoms. The first-order valence-electron chi connectivity index (χ1n) is 6.83. The fraction of sp³-hybridized carbons (Fsp3) is 0. The van der Waals surface area contributed by atoms with Gasteiger partial charge >= 0.3 is 0 Å². The van der Waals surface area contributed by atoms with Gasteiger partial charge in [0.2, 0.25) is 0 Å². The highest BCUT2D eigenvalue weighted by molar-refractivity contribution is 5.84. The van der Waals surface area contributed by atoms with E-state index in [9.17, 15) is 10.2 Å². The third-order valence-electron chi connectivity index (χ3n) is 3.22. The highest BCUT2D eigenvalue weighted by Gasteiger charge is 2.14. The van der Waals surface area contributed by atoms with Crippen molar-refractivity contribution in [3.05, 3.63) is 72.8 Å². The molecule has 0 amide bonds. The van der Waals surface area contributed by atoms with Crippen LogP contribution in [0.2, 0.25) is 0 Å². The normalized spacial score (nSPS) is 10.9. The van der Waals surface area contributed by atoms with Crippen LogP contribution in [0, 0.1) is 0 Å². The lowest BCUT2D eigenvalue weighted by atomic mass is 10.0. The van der Waals surface area contributed by atoms with Gasteiger partial charge in [0.05, 0.1) is 11.3 Å². The maximum Gasteiger partial charge on any atom is 0.144 e. The highest BCUT2D eigenvalue weighted by Crippen LogP contribution is 2.44. The molecule has 0 heterocycles. The van der Waals surface area contributed by atoms with Crippen LogP contribution in [0.4, 0.5) is 11.4 Å². The van der Waals surface area contributed by atoms with Crippen LogP contribution >= 0.6 is 0 Å². The summed E-state index contributed by atoms with van der Waals surface area (Å²) in [5.74, 6) is 0.0161. The Morgan fingerprint density at radius 1 is 0.591 bits per heavy atom. The second-order valence-corrected chi connectivity index (χ2v) is 4.73. The van der Waals surface area contributed by atoms with Gasteiger partial charge < -0.3 is 10.2 Å². The second-order valence-electron chi connectivity index (χ2n) is 4.73. The van der Waals surface area contributed by atoms with Crippen LogP contribution in [0.3, 0.4) is 0 Å². The molecule has 0 aromatic heterocycles. The quantitative estimate of drug-likeness (QED) is 0.515. The SMILES string of the molecule is Oc1ccc(O)c(-c2ccccc2)c1N=Nc1ccccc1. The predicted molar refractivity (Wildman–Crippen MR) is 85.8 cm³/mol. The maximum absolute atomic E-state index is 10.2. The van der Waals surface area contributed by atoms with Gasteiger partial charge in [0.1, 0.15) is 17.2 Å². The van der Waals surface area contributed by atoms with E-state index in [1.807, 2.05) is 60.7 Å². The summed E-state index contributed by atoms with van der Waals surface area (Å²) < 4.78 is 0. The van der Waals surface area contributed by atoms with Crippen LogP contribution in [0.25, 0.3) is 11.1 Å². The largest absolute Gasteiger partial charge is 0.507 e. The molecule has 4 heteroatoms. The standard InChI is InChI=1S/C18H14N2O2/c21-15-11-12-16(22)18(17(15)13-7-3-1-4-8-13)20-19-14-9-5-2-6-10-14/h1-12,21-22H. The Hall–Kier alpha value is -3.14. The molecule has 2 N–H and O–H groups in total. The zero-order valence-corrected chi connectivity index (χ0v) is 11.7. The van der Waals surface area contributed by atoms with Crippen molar-refractivity contribution in [3.8, 4) is 22.6 Å². The summed E-state index contributed by atoms with van der Waals surface area (Å²) in [6.07, 6.45) is 0. The van der Waals surface area contributed by atoms with Crippen molar-refractivity contribution in [2.75, 3.05) is 0 Å². The molecular formula is C18H14N2O2. The Morgan fingerprint density at radius 2 is 1.18 bits per heavy atom. The zero-order valence-electron chi connectivity index (χ0n) is 11.7. The maximum atomic E-state index is 10.2. The van der Waals surface area contributed by atoms with Gasteiger partial charge in [0.25, 0.3) is 0 Å². The number of phenolic OH excluding ortho intramolecular Hbond substituents is 2. The average Bonchev–Trinajstić information content (AvgIpc) is 2.57. The van der Waals surface area contributed by atoms with Gasteiger partial charge in [-0.2, -0.15) is 5.11 Å². The first kappa shape index (κ1) is 13.8.